The molecule has 1 saturated carbocycles. The predicted molar refractivity (Wildman–Crippen MR) is 71.6 cm³/mol. The van der Waals surface area contributed by atoms with Gasteiger partial charge in [0.15, 0.2) is 0 Å². The predicted octanol–water partition coefficient (Wildman–Crippen LogP) is 3.01. The van der Waals surface area contributed by atoms with Crippen LogP contribution in [0, 0.1) is 5.92 Å². The third-order valence-electron chi connectivity index (χ3n) is 4.75. The van der Waals surface area contributed by atoms with Gasteiger partial charge in [0.1, 0.15) is 0 Å². The minimum atomic E-state index is 0.276. The highest BCUT2D eigenvalue weighted by Gasteiger charge is 2.36. The lowest BCUT2D eigenvalue weighted by Crippen LogP contribution is -2.54. The average Bonchev–Trinajstić information content (AvgIpc) is 2.50. The zero-order chi connectivity index (χ0) is 12.2. The molecule has 1 aliphatic rings. The van der Waals surface area contributed by atoms with Crippen molar-refractivity contribution in [3.05, 3.63) is 0 Å². The lowest BCUT2D eigenvalue weighted by atomic mass is 9.87. The van der Waals surface area contributed by atoms with Gasteiger partial charge in [-0.1, -0.05) is 26.2 Å². The van der Waals surface area contributed by atoms with Gasteiger partial charge in [-0.3, -0.25) is 4.90 Å². The SMILES string of the molecule is CCC1CCCC(CN)(N(C)C(C)C)CC1. The second kappa shape index (κ2) is 6.02. The molecule has 2 heteroatoms. The van der Waals surface area contributed by atoms with E-state index < -0.39 is 0 Å². The molecule has 0 bridgehead atoms. The third-order valence-corrected chi connectivity index (χ3v) is 4.75. The van der Waals surface area contributed by atoms with E-state index in [0.29, 0.717) is 6.04 Å². The molecule has 1 aliphatic carbocycles. The lowest BCUT2D eigenvalue weighted by molar-refractivity contribution is 0.0756. The van der Waals surface area contributed by atoms with Crippen LogP contribution in [0.1, 0.15) is 59.3 Å². The summed E-state index contributed by atoms with van der Waals surface area (Å²) in [5, 5.41) is 0. The molecule has 0 heterocycles. The molecule has 0 saturated heterocycles. The molecule has 0 radical (unpaired) electrons. The Hall–Kier alpha value is -0.0800. The van der Waals surface area contributed by atoms with Crippen molar-refractivity contribution in [2.75, 3.05) is 13.6 Å². The van der Waals surface area contributed by atoms with E-state index in [1.165, 1.54) is 38.5 Å². The largest absolute Gasteiger partial charge is 0.329 e. The molecule has 2 nitrogen and oxygen atoms in total. The molecule has 2 unspecified atom stereocenters. The van der Waals surface area contributed by atoms with Crippen LogP contribution in [0.2, 0.25) is 0 Å². The quantitative estimate of drug-likeness (QED) is 0.747. The van der Waals surface area contributed by atoms with Gasteiger partial charge in [0.25, 0.3) is 0 Å². The molecule has 0 aromatic heterocycles. The van der Waals surface area contributed by atoms with E-state index in [1.54, 1.807) is 0 Å². The van der Waals surface area contributed by atoms with Crippen molar-refractivity contribution in [3.63, 3.8) is 0 Å². The van der Waals surface area contributed by atoms with E-state index in [-0.39, 0.29) is 5.54 Å². The summed E-state index contributed by atoms with van der Waals surface area (Å²) in [6.07, 6.45) is 8.04. The summed E-state index contributed by atoms with van der Waals surface area (Å²) in [4.78, 5) is 2.52. The highest BCUT2D eigenvalue weighted by atomic mass is 15.2. The van der Waals surface area contributed by atoms with Gasteiger partial charge >= 0.3 is 0 Å². The molecular weight excluding hydrogens is 196 g/mol. The fourth-order valence-corrected chi connectivity index (χ4v) is 3.12. The van der Waals surface area contributed by atoms with E-state index in [1.807, 2.05) is 0 Å². The monoisotopic (exact) mass is 226 g/mol. The van der Waals surface area contributed by atoms with Crippen LogP contribution in [0.3, 0.4) is 0 Å². The van der Waals surface area contributed by atoms with Crippen molar-refractivity contribution >= 4 is 0 Å². The fourth-order valence-electron chi connectivity index (χ4n) is 3.12. The first-order valence-electron chi connectivity index (χ1n) is 6.98. The minimum absolute atomic E-state index is 0.276. The van der Waals surface area contributed by atoms with Crippen LogP contribution in [0.15, 0.2) is 0 Å². The summed E-state index contributed by atoms with van der Waals surface area (Å²) in [6.45, 7) is 7.70. The van der Waals surface area contributed by atoms with Crippen molar-refractivity contribution in [2.45, 2.75) is 70.9 Å². The van der Waals surface area contributed by atoms with Gasteiger partial charge in [-0.15, -0.1) is 0 Å². The van der Waals surface area contributed by atoms with Gasteiger partial charge in [0.05, 0.1) is 0 Å². The van der Waals surface area contributed by atoms with Crippen molar-refractivity contribution < 1.29 is 0 Å². The fraction of sp³-hybridized carbons (Fsp3) is 1.00. The molecule has 2 N–H and O–H groups in total. The van der Waals surface area contributed by atoms with Crippen LogP contribution in [0.25, 0.3) is 0 Å². The lowest BCUT2D eigenvalue weighted by Gasteiger charge is -2.43. The molecule has 0 aromatic rings. The van der Waals surface area contributed by atoms with Gasteiger partial charge in [0, 0.05) is 18.1 Å². The van der Waals surface area contributed by atoms with Crippen molar-refractivity contribution in [2.24, 2.45) is 11.7 Å². The number of hydrogen-bond donors (Lipinski definition) is 1. The topological polar surface area (TPSA) is 29.3 Å². The highest BCUT2D eigenvalue weighted by Crippen LogP contribution is 2.35. The number of rotatable bonds is 4. The average molecular weight is 226 g/mol. The highest BCUT2D eigenvalue weighted by molar-refractivity contribution is 4.94. The molecular formula is C14H30N2. The standard InChI is InChI=1S/C14H30N2/c1-5-13-7-6-9-14(11-15,10-8-13)16(4)12(2)3/h12-13H,5-11,15H2,1-4H3. The van der Waals surface area contributed by atoms with E-state index in [4.69, 9.17) is 5.73 Å². The summed E-state index contributed by atoms with van der Waals surface area (Å²) >= 11 is 0. The van der Waals surface area contributed by atoms with E-state index in [2.05, 4.69) is 32.7 Å². The number of nitrogens with zero attached hydrogens (tertiary/aromatic N) is 1. The Labute approximate surface area is 102 Å². The number of hydrogen-bond acceptors (Lipinski definition) is 2. The summed E-state index contributed by atoms with van der Waals surface area (Å²) in [6, 6.07) is 0.599. The van der Waals surface area contributed by atoms with Crippen molar-refractivity contribution in [1.29, 1.82) is 0 Å². The third kappa shape index (κ3) is 2.98. The van der Waals surface area contributed by atoms with Gasteiger partial charge in [-0.25, -0.2) is 0 Å². The zero-order valence-electron chi connectivity index (χ0n) is 11.6. The first-order chi connectivity index (χ1) is 7.55. The van der Waals surface area contributed by atoms with E-state index in [0.717, 1.165) is 12.5 Å². The Morgan fingerprint density at radius 3 is 2.50 bits per heavy atom. The van der Waals surface area contributed by atoms with Crippen LogP contribution in [0.4, 0.5) is 0 Å². The zero-order valence-corrected chi connectivity index (χ0v) is 11.6. The summed E-state index contributed by atoms with van der Waals surface area (Å²) in [7, 11) is 2.25. The second-order valence-corrected chi connectivity index (χ2v) is 5.84. The molecule has 96 valence electrons. The minimum Gasteiger partial charge on any atom is -0.329 e. The summed E-state index contributed by atoms with van der Waals surface area (Å²) < 4.78 is 0. The molecule has 0 aromatic carbocycles. The van der Waals surface area contributed by atoms with Crippen LogP contribution in [0.5, 0.6) is 0 Å². The van der Waals surface area contributed by atoms with Crippen LogP contribution >= 0.6 is 0 Å². The molecule has 0 spiro atoms. The Bertz CT molecular complexity index is 203. The Morgan fingerprint density at radius 2 is 2.00 bits per heavy atom. The van der Waals surface area contributed by atoms with Gasteiger partial charge in [-0.2, -0.15) is 0 Å². The van der Waals surface area contributed by atoms with Crippen molar-refractivity contribution in [3.8, 4) is 0 Å². The smallest absolute Gasteiger partial charge is 0.0331 e. The van der Waals surface area contributed by atoms with Crippen molar-refractivity contribution in [1.82, 2.24) is 4.90 Å². The second-order valence-electron chi connectivity index (χ2n) is 5.84. The number of nitrogens with two attached hydrogens (primary N) is 1. The normalized spacial score (nSPS) is 32.1. The first-order valence-corrected chi connectivity index (χ1v) is 6.98. The van der Waals surface area contributed by atoms with Crippen LogP contribution < -0.4 is 5.73 Å². The van der Waals surface area contributed by atoms with Crippen LogP contribution in [-0.4, -0.2) is 30.1 Å². The maximum absolute atomic E-state index is 6.09. The molecule has 1 rings (SSSR count). The molecule has 0 aliphatic heterocycles. The summed E-state index contributed by atoms with van der Waals surface area (Å²) in [5.41, 5.74) is 6.37. The van der Waals surface area contributed by atoms with Gasteiger partial charge < -0.3 is 5.73 Å². The van der Waals surface area contributed by atoms with Gasteiger partial charge in [-0.05, 0) is 46.1 Å². The first kappa shape index (κ1) is 14.0. The molecule has 2 atom stereocenters. The van der Waals surface area contributed by atoms with Crippen LogP contribution in [-0.2, 0) is 0 Å². The molecule has 1 fully saturated rings. The Balaban J connectivity index is 2.72. The van der Waals surface area contributed by atoms with E-state index >= 15 is 0 Å². The number of likely N-dealkylation sites (N-methyl/N-ethyl adjacent to an activating group) is 1. The Morgan fingerprint density at radius 1 is 1.31 bits per heavy atom. The maximum Gasteiger partial charge on any atom is 0.0331 e. The summed E-state index contributed by atoms with van der Waals surface area (Å²) in [5.74, 6) is 0.939. The Kier molecular flexibility index (Phi) is 5.26. The van der Waals surface area contributed by atoms with Gasteiger partial charge in [0.2, 0.25) is 0 Å². The maximum atomic E-state index is 6.09. The molecule has 16 heavy (non-hydrogen) atoms. The van der Waals surface area contributed by atoms with E-state index in [9.17, 15) is 0 Å². The molecule has 0 amide bonds.